The summed E-state index contributed by atoms with van der Waals surface area (Å²) in [7, 11) is 0. The summed E-state index contributed by atoms with van der Waals surface area (Å²) >= 11 is 0. The Kier molecular flexibility index (Phi) is 6.06. The number of hydrogen-bond acceptors (Lipinski definition) is 4. The van der Waals surface area contributed by atoms with Gasteiger partial charge in [-0.3, -0.25) is 9.59 Å². The van der Waals surface area contributed by atoms with E-state index in [-0.39, 0.29) is 18.4 Å². The van der Waals surface area contributed by atoms with E-state index in [1.165, 1.54) is 0 Å². The van der Waals surface area contributed by atoms with Crippen molar-refractivity contribution in [2.24, 2.45) is 0 Å². The molecule has 0 aliphatic carbocycles. The lowest BCUT2D eigenvalue weighted by molar-refractivity contribution is -0.133. The molecule has 6 heteroatoms. The number of amides is 2. The Morgan fingerprint density at radius 1 is 0.963 bits per heavy atom. The molecule has 0 spiro atoms. The van der Waals surface area contributed by atoms with Gasteiger partial charge in [0.25, 0.3) is 11.8 Å². The number of benzene rings is 2. The molecule has 0 aromatic heterocycles. The molecule has 6 nitrogen and oxygen atoms in total. The highest BCUT2D eigenvalue weighted by atomic mass is 16.5. The summed E-state index contributed by atoms with van der Waals surface area (Å²) in [5.41, 5.74) is 0.965. The average molecular weight is 363 g/mol. The molecule has 1 heterocycles. The quantitative estimate of drug-likeness (QED) is 0.836. The van der Waals surface area contributed by atoms with Crippen LogP contribution in [0.25, 0.3) is 0 Å². The van der Waals surface area contributed by atoms with Crippen LogP contribution in [-0.2, 0) is 4.79 Å². The van der Waals surface area contributed by atoms with Crippen molar-refractivity contribution in [1.82, 2.24) is 9.80 Å². The first kappa shape index (κ1) is 18.5. The molecule has 1 fully saturated rings. The fourth-order valence-corrected chi connectivity index (χ4v) is 3.03. The molecule has 2 amide bonds. The van der Waals surface area contributed by atoms with Crippen LogP contribution in [0.2, 0.25) is 0 Å². The van der Waals surface area contributed by atoms with Crippen LogP contribution in [0, 0.1) is 11.3 Å². The highest BCUT2D eigenvalue weighted by Gasteiger charge is 2.23. The number of ether oxygens (including phenoxy) is 1. The van der Waals surface area contributed by atoms with Crippen molar-refractivity contribution in [2.45, 2.75) is 6.42 Å². The van der Waals surface area contributed by atoms with Gasteiger partial charge in [0.2, 0.25) is 0 Å². The second kappa shape index (κ2) is 8.86. The number of carbonyl (C=O) groups excluding carboxylic acids is 2. The fourth-order valence-electron chi connectivity index (χ4n) is 3.03. The van der Waals surface area contributed by atoms with Crippen molar-refractivity contribution >= 4 is 11.8 Å². The SMILES string of the molecule is N#Cc1cccc(C(=O)N2CCCN(C(=O)COc3ccccc3)CC2)c1. The van der Waals surface area contributed by atoms with Gasteiger partial charge in [0.05, 0.1) is 11.6 Å². The minimum Gasteiger partial charge on any atom is -0.484 e. The van der Waals surface area contributed by atoms with Gasteiger partial charge < -0.3 is 14.5 Å². The summed E-state index contributed by atoms with van der Waals surface area (Å²) < 4.78 is 5.53. The largest absolute Gasteiger partial charge is 0.484 e. The van der Waals surface area contributed by atoms with Crippen LogP contribution in [-0.4, -0.2) is 54.4 Å². The predicted octanol–water partition coefficient (Wildman–Crippen LogP) is 2.31. The van der Waals surface area contributed by atoms with Crippen LogP contribution >= 0.6 is 0 Å². The first-order valence-electron chi connectivity index (χ1n) is 8.92. The molecule has 0 bridgehead atoms. The molecule has 1 saturated heterocycles. The van der Waals surface area contributed by atoms with Crippen molar-refractivity contribution in [3.05, 3.63) is 65.7 Å². The topological polar surface area (TPSA) is 73.6 Å². The molecule has 0 radical (unpaired) electrons. The molecule has 0 unspecified atom stereocenters. The number of rotatable bonds is 4. The van der Waals surface area contributed by atoms with Crippen molar-refractivity contribution in [3.8, 4) is 11.8 Å². The van der Waals surface area contributed by atoms with Crippen molar-refractivity contribution in [1.29, 1.82) is 5.26 Å². The minimum atomic E-state index is -0.109. The molecule has 2 aromatic carbocycles. The summed E-state index contributed by atoms with van der Waals surface area (Å²) in [5, 5.41) is 9.00. The maximum absolute atomic E-state index is 12.7. The third kappa shape index (κ3) is 4.85. The van der Waals surface area contributed by atoms with Crippen molar-refractivity contribution in [2.75, 3.05) is 32.8 Å². The van der Waals surface area contributed by atoms with Crippen LogP contribution in [0.4, 0.5) is 0 Å². The molecule has 0 N–H and O–H groups in total. The fraction of sp³-hybridized carbons (Fsp3) is 0.286. The van der Waals surface area contributed by atoms with E-state index in [4.69, 9.17) is 10.00 Å². The lowest BCUT2D eigenvalue weighted by atomic mass is 10.1. The molecule has 27 heavy (non-hydrogen) atoms. The second-order valence-electron chi connectivity index (χ2n) is 6.32. The van der Waals surface area contributed by atoms with Crippen LogP contribution in [0.1, 0.15) is 22.3 Å². The average Bonchev–Trinajstić information content (AvgIpc) is 2.98. The van der Waals surface area contributed by atoms with E-state index < -0.39 is 0 Å². The van der Waals surface area contributed by atoms with E-state index in [1.807, 2.05) is 36.4 Å². The smallest absolute Gasteiger partial charge is 0.260 e. The molecule has 0 saturated carbocycles. The standard InChI is InChI=1S/C21H21N3O3/c22-15-17-6-4-7-18(14-17)21(26)24-11-5-10-23(12-13-24)20(25)16-27-19-8-2-1-3-9-19/h1-4,6-9,14H,5,10-13,16H2. The second-order valence-corrected chi connectivity index (χ2v) is 6.32. The third-order valence-electron chi connectivity index (χ3n) is 4.48. The van der Waals surface area contributed by atoms with E-state index in [1.54, 1.807) is 34.1 Å². The molecule has 0 atom stereocenters. The summed E-state index contributed by atoms with van der Waals surface area (Å²) in [4.78, 5) is 28.6. The van der Waals surface area contributed by atoms with E-state index in [2.05, 4.69) is 0 Å². The molecule has 1 aliphatic heterocycles. The Morgan fingerprint density at radius 3 is 2.48 bits per heavy atom. The molecule has 3 rings (SSSR count). The lowest BCUT2D eigenvalue weighted by Crippen LogP contribution is -2.39. The molecule has 1 aliphatic rings. The highest BCUT2D eigenvalue weighted by Crippen LogP contribution is 2.12. The van der Waals surface area contributed by atoms with Crippen LogP contribution in [0.3, 0.4) is 0 Å². The van der Waals surface area contributed by atoms with E-state index in [9.17, 15) is 9.59 Å². The van der Waals surface area contributed by atoms with Crippen LogP contribution in [0.5, 0.6) is 5.75 Å². The number of hydrogen-bond donors (Lipinski definition) is 0. The van der Waals surface area contributed by atoms with Crippen molar-refractivity contribution < 1.29 is 14.3 Å². The Balaban J connectivity index is 1.55. The maximum atomic E-state index is 12.7. The molecular formula is C21H21N3O3. The highest BCUT2D eigenvalue weighted by molar-refractivity contribution is 5.94. The van der Waals surface area contributed by atoms with Gasteiger partial charge in [-0.05, 0) is 36.8 Å². The predicted molar refractivity (Wildman–Crippen MR) is 100 cm³/mol. The molecule has 138 valence electrons. The Bertz CT molecular complexity index is 845. The summed E-state index contributed by atoms with van der Waals surface area (Å²) in [6.45, 7) is 2.10. The van der Waals surface area contributed by atoms with E-state index in [0.29, 0.717) is 49.5 Å². The minimum absolute atomic E-state index is 0.0117. The Morgan fingerprint density at radius 2 is 1.70 bits per heavy atom. The third-order valence-corrected chi connectivity index (χ3v) is 4.48. The van der Waals surface area contributed by atoms with Gasteiger partial charge in [-0.25, -0.2) is 0 Å². The zero-order valence-corrected chi connectivity index (χ0v) is 15.0. The summed E-state index contributed by atoms with van der Waals surface area (Å²) in [5.74, 6) is 0.469. The number of carbonyl (C=O) groups is 2. The van der Waals surface area contributed by atoms with Gasteiger partial charge in [0.1, 0.15) is 5.75 Å². The molecular weight excluding hydrogens is 342 g/mol. The van der Waals surface area contributed by atoms with Gasteiger partial charge in [0.15, 0.2) is 6.61 Å². The van der Waals surface area contributed by atoms with E-state index in [0.717, 1.165) is 0 Å². The first-order valence-corrected chi connectivity index (χ1v) is 8.92. The van der Waals surface area contributed by atoms with Crippen LogP contribution < -0.4 is 4.74 Å². The maximum Gasteiger partial charge on any atom is 0.260 e. The van der Waals surface area contributed by atoms with Crippen molar-refractivity contribution in [3.63, 3.8) is 0 Å². The zero-order chi connectivity index (χ0) is 19.1. The van der Waals surface area contributed by atoms with Gasteiger partial charge in [0, 0.05) is 31.7 Å². The number of para-hydroxylation sites is 1. The molecule has 2 aromatic rings. The Hall–Kier alpha value is -3.33. The first-order chi connectivity index (χ1) is 13.2. The normalized spacial score (nSPS) is 14.2. The van der Waals surface area contributed by atoms with Gasteiger partial charge in [-0.15, -0.1) is 0 Å². The van der Waals surface area contributed by atoms with Gasteiger partial charge in [-0.2, -0.15) is 5.26 Å². The van der Waals surface area contributed by atoms with Gasteiger partial charge >= 0.3 is 0 Å². The van der Waals surface area contributed by atoms with Gasteiger partial charge in [-0.1, -0.05) is 24.3 Å². The summed E-state index contributed by atoms with van der Waals surface area (Å²) in [6.07, 6.45) is 0.709. The Labute approximate surface area is 158 Å². The summed E-state index contributed by atoms with van der Waals surface area (Å²) in [6, 6.07) is 18.0. The lowest BCUT2D eigenvalue weighted by Gasteiger charge is -2.22. The monoisotopic (exact) mass is 363 g/mol. The zero-order valence-electron chi connectivity index (χ0n) is 15.0. The number of nitriles is 1. The number of nitrogens with zero attached hydrogens (tertiary/aromatic N) is 3. The van der Waals surface area contributed by atoms with E-state index >= 15 is 0 Å². The van der Waals surface area contributed by atoms with Crippen LogP contribution in [0.15, 0.2) is 54.6 Å².